The lowest BCUT2D eigenvalue weighted by Crippen LogP contribution is -2.43. The molecule has 31 heavy (non-hydrogen) atoms. The fraction of sp³-hybridized carbons (Fsp3) is 0.458. The van der Waals surface area contributed by atoms with Crippen molar-refractivity contribution in [1.29, 1.82) is 0 Å². The van der Waals surface area contributed by atoms with Gasteiger partial charge in [0, 0.05) is 18.2 Å². The molecule has 7 heteroatoms. The average molecular weight is 444 g/mol. The van der Waals surface area contributed by atoms with Crippen LogP contribution in [-0.2, 0) is 22.0 Å². The molecule has 0 saturated carbocycles. The van der Waals surface area contributed by atoms with Crippen molar-refractivity contribution in [2.45, 2.75) is 56.5 Å². The SMILES string of the molecule is CN1CCC(NC(=O)c2ccc(CNS(=O)(=O)c3ccc(C(C)(C)C)cc3)cc2)CC1. The van der Waals surface area contributed by atoms with Crippen molar-refractivity contribution in [2.24, 2.45) is 0 Å². The maximum atomic E-state index is 12.6. The molecule has 0 aromatic heterocycles. The Bertz CT molecular complexity index is 986. The largest absolute Gasteiger partial charge is 0.349 e. The number of nitrogens with one attached hydrogen (secondary N) is 2. The second kappa shape index (κ2) is 9.51. The zero-order valence-electron chi connectivity index (χ0n) is 18.8. The smallest absolute Gasteiger partial charge is 0.251 e. The van der Waals surface area contributed by atoms with Gasteiger partial charge in [0.25, 0.3) is 5.91 Å². The molecule has 1 saturated heterocycles. The lowest BCUT2D eigenvalue weighted by atomic mass is 9.87. The lowest BCUT2D eigenvalue weighted by molar-refractivity contribution is 0.0917. The summed E-state index contributed by atoms with van der Waals surface area (Å²) in [7, 11) is -1.51. The van der Waals surface area contributed by atoms with Crippen molar-refractivity contribution in [2.75, 3.05) is 20.1 Å². The van der Waals surface area contributed by atoms with Crippen molar-refractivity contribution < 1.29 is 13.2 Å². The quantitative estimate of drug-likeness (QED) is 0.718. The molecular weight excluding hydrogens is 410 g/mol. The summed E-state index contributed by atoms with van der Waals surface area (Å²) in [5.41, 5.74) is 2.44. The van der Waals surface area contributed by atoms with Gasteiger partial charge < -0.3 is 10.2 Å². The number of benzene rings is 2. The molecule has 168 valence electrons. The number of carbonyl (C=O) groups is 1. The topological polar surface area (TPSA) is 78.5 Å². The van der Waals surface area contributed by atoms with Gasteiger partial charge >= 0.3 is 0 Å². The van der Waals surface area contributed by atoms with Crippen molar-refractivity contribution >= 4 is 15.9 Å². The first-order valence-corrected chi connectivity index (χ1v) is 12.2. The summed E-state index contributed by atoms with van der Waals surface area (Å²) >= 11 is 0. The van der Waals surface area contributed by atoms with E-state index in [1.165, 1.54) is 0 Å². The second-order valence-electron chi connectivity index (χ2n) is 9.35. The Hall–Kier alpha value is -2.22. The van der Waals surface area contributed by atoms with Gasteiger partial charge in [0.2, 0.25) is 10.0 Å². The number of nitrogens with zero attached hydrogens (tertiary/aromatic N) is 1. The van der Waals surface area contributed by atoms with Crippen LogP contribution < -0.4 is 10.0 Å². The molecular formula is C24H33N3O3S. The van der Waals surface area contributed by atoms with Gasteiger partial charge in [0.15, 0.2) is 0 Å². The molecule has 3 rings (SSSR count). The van der Waals surface area contributed by atoms with Crippen LogP contribution in [0.25, 0.3) is 0 Å². The molecule has 2 N–H and O–H groups in total. The first-order chi connectivity index (χ1) is 14.5. The van der Waals surface area contributed by atoms with Crippen LogP contribution in [0.15, 0.2) is 53.4 Å². The highest BCUT2D eigenvalue weighted by Crippen LogP contribution is 2.23. The molecule has 2 aromatic carbocycles. The van der Waals surface area contributed by atoms with Crippen LogP contribution in [0.2, 0.25) is 0 Å². The first kappa shape index (κ1) is 23.4. The van der Waals surface area contributed by atoms with Crippen LogP contribution in [0.3, 0.4) is 0 Å². The third-order valence-corrected chi connectivity index (χ3v) is 7.18. The van der Waals surface area contributed by atoms with Crippen LogP contribution in [-0.4, -0.2) is 45.4 Å². The molecule has 0 aliphatic carbocycles. The van der Waals surface area contributed by atoms with Gasteiger partial charge in [-0.25, -0.2) is 13.1 Å². The highest BCUT2D eigenvalue weighted by molar-refractivity contribution is 7.89. The Morgan fingerprint density at radius 3 is 2.13 bits per heavy atom. The predicted octanol–water partition coefficient (Wildman–Crippen LogP) is 3.29. The number of likely N-dealkylation sites (tertiary alicyclic amines) is 1. The van der Waals surface area contributed by atoms with Gasteiger partial charge in [0.05, 0.1) is 4.90 Å². The van der Waals surface area contributed by atoms with E-state index in [9.17, 15) is 13.2 Å². The minimum absolute atomic E-state index is 0.0307. The van der Waals surface area contributed by atoms with E-state index in [1.54, 1.807) is 36.4 Å². The molecule has 1 fully saturated rings. The molecule has 0 bridgehead atoms. The number of amides is 1. The van der Waals surface area contributed by atoms with E-state index in [2.05, 4.69) is 42.8 Å². The molecule has 1 aliphatic rings. The second-order valence-corrected chi connectivity index (χ2v) is 11.1. The maximum absolute atomic E-state index is 12.6. The predicted molar refractivity (Wildman–Crippen MR) is 124 cm³/mol. The lowest BCUT2D eigenvalue weighted by Gasteiger charge is -2.29. The highest BCUT2D eigenvalue weighted by Gasteiger charge is 2.20. The van der Waals surface area contributed by atoms with E-state index in [0.717, 1.165) is 37.1 Å². The van der Waals surface area contributed by atoms with E-state index in [0.29, 0.717) is 5.56 Å². The van der Waals surface area contributed by atoms with E-state index in [-0.39, 0.29) is 28.8 Å². The summed E-state index contributed by atoms with van der Waals surface area (Å²) in [5.74, 6) is -0.0828. The van der Waals surface area contributed by atoms with E-state index >= 15 is 0 Å². The zero-order valence-corrected chi connectivity index (χ0v) is 19.6. The molecule has 1 heterocycles. The Balaban J connectivity index is 1.56. The third-order valence-electron chi connectivity index (χ3n) is 5.77. The zero-order chi connectivity index (χ0) is 22.6. The summed E-state index contributed by atoms with van der Waals surface area (Å²) in [6.45, 7) is 8.41. The molecule has 6 nitrogen and oxygen atoms in total. The average Bonchev–Trinajstić information content (AvgIpc) is 2.74. The fourth-order valence-corrected chi connectivity index (χ4v) is 4.61. The molecule has 0 spiro atoms. The molecule has 0 radical (unpaired) electrons. The van der Waals surface area contributed by atoms with Gasteiger partial charge in [-0.05, 0) is 73.8 Å². The summed E-state index contributed by atoms with van der Waals surface area (Å²) < 4.78 is 27.9. The Kier molecular flexibility index (Phi) is 7.19. The first-order valence-electron chi connectivity index (χ1n) is 10.7. The van der Waals surface area contributed by atoms with Gasteiger partial charge in [0.1, 0.15) is 0 Å². The standard InChI is InChI=1S/C24H33N3O3S/c1-24(2,3)20-9-11-22(12-10-20)31(29,30)25-17-18-5-7-19(8-6-18)23(28)26-21-13-15-27(4)16-14-21/h5-12,21,25H,13-17H2,1-4H3,(H,26,28). The Labute approximate surface area is 186 Å². The normalized spacial score (nSPS) is 16.3. The Morgan fingerprint density at radius 1 is 1.00 bits per heavy atom. The third kappa shape index (κ3) is 6.38. The highest BCUT2D eigenvalue weighted by atomic mass is 32.2. The van der Waals surface area contributed by atoms with Crippen LogP contribution >= 0.6 is 0 Å². The number of piperidine rings is 1. The summed E-state index contributed by atoms with van der Waals surface area (Å²) in [6, 6.07) is 14.2. The van der Waals surface area contributed by atoms with Crippen LogP contribution in [0.5, 0.6) is 0 Å². The van der Waals surface area contributed by atoms with Crippen LogP contribution in [0.1, 0.15) is 55.1 Å². The summed E-state index contributed by atoms with van der Waals surface area (Å²) in [4.78, 5) is 15.0. The Morgan fingerprint density at radius 2 is 1.58 bits per heavy atom. The van der Waals surface area contributed by atoms with Gasteiger partial charge in [-0.3, -0.25) is 4.79 Å². The van der Waals surface area contributed by atoms with E-state index in [4.69, 9.17) is 0 Å². The van der Waals surface area contributed by atoms with Crippen molar-refractivity contribution in [3.05, 3.63) is 65.2 Å². The number of hydrogen-bond acceptors (Lipinski definition) is 4. The number of carbonyl (C=O) groups excluding carboxylic acids is 1. The number of sulfonamides is 1. The number of hydrogen-bond donors (Lipinski definition) is 2. The van der Waals surface area contributed by atoms with E-state index < -0.39 is 10.0 Å². The summed E-state index contributed by atoms with van der Waals surface area (Å²) in [5, 5.41) is 3.09. The van der Waals surface area contributed by atoms with E-state index in [1.807, 2.05) is 12.1 Å². The monoisotopic (exact) mass is 443 g/mol. The van der Waals surface area contributed by atoms with Crippen molar-refractivity contribution in [3.8, 4) is 0 Å². The van der Waals surface area contributed by atoms with Crippen molar-refractivity contribution in [1.82, 2.24) is 14.9 Å². The van der Waals surface area contributed by atoms with Gasteiger partial charge in [-0.15, -0.1) is 0 Å². The molecule has 1 aliphatic heterocycles. The van der Waals surface area contributed by atoms with Crippen LogP contribution in [0.4, 0.5) is 0 Å². The number of rotatable bonds is 6. The van der Waals surface area contributed by atoms with Crippen LogP contribution in [0, 0.1) is 0 Å². The van der Waals surface area contributed by atoms with Crippen molar-refractivity contribution in [3.63, 3.8) is 0 Å². The fourth-order valence-electron chi connectivity index (χ4n) is 3.59. The molecule has 1 amide bonds. The molecule has 0 atom stereocenters. The van der Waals surface area contributed by atoms with Gasteiger partial charge in [-0.1, -0.05) is 45.0 Å². The maximum Gasteiger partial charge on any atom is 0.251 e. The molecule has 2 aromatic rings. The minimum atomic E-state index is -3.60. The van der Waals surface area contributed by atoms with Gasteiger partial charge in [-0.2, -0.15) is 0 Å². The molecule has 0 unspecified atom stereocenters. The summed E-state index contributed by atoms with van der Waals surface area (Å²) in [6.07, 6.45) is 1.91. The minimum Gasteiger partial charge on any atom is -0.349 e.